The SMILES string of the molecule is COCCN(CCOC)C(=O)c1ccccc1SCc1cccs1. The van der Waals surface area contributed by atoms with E-state index < -0.39 is 0 Å². The van der Waals surface area contributed by atoms with Crippen LogP contribution in [0.25, 0.3) is 0 Å². The maximum Gasteiger partial charge on any atom is 0.255 e. The zero-order valence-electron chi connectivity index (χ0n) is 14.1. The van der Waals surface area contributed by atoms with Crippen LogP contribution < -0.4 is 0 Å². The van der Waals surface area contributed by atoms with Gasteiger partial charge in [-0.1, -0.05) is 18.2 Å². The molecule has 1 aromatic carbocycles. The number of amides is 1. The average Bonchev–Trinajstić information content (AvgIpc) is 3.13. The van der Waals surface area contributed by atoms with Crippen molar-refractivity contribution in [2.45, 2.75) is 10.6 Å². The monoisotopic (exact) mass is 365 g/mol. The number of rotatable bonds is 10. The molecule has 6 heteroatoms. The molecule has 0 bridgehead atoms. The van der Waals surface area contributed by atoms with Gasteiger partial charge in [-0.3, -0.25) is 4.79 Å². The summed E-state index contributed by atoms with van der Waals surface area (Å²) >= 11 is 3.43. The summed E-state index contributed by atoms with van der Waals surface area (Å²) in [5.41, 5.74) is 0.742. The number of ether oxygens (including phenoxy) is 2. The van der Waals surface area contributed by atoms with Crippen LogP contribution in [-0.4, -0.2) is 51.3 Å². The predicted molar refractivity (Wildman–Crippen MR) is 100.0 cm³/mol. The van der Waals surface area contributed by atoms with Crippen molar-refractivity contribution in [3.05, 3.63) is 52.2 Å². The highest BCUT2D eigenvalue weighted by Crippen LogP contribution is 2.28. The molecule has 4 nitrogen and oxygen atoms in total. The first-order valence-electron chi connectivity index (χ1n) is 7.77. The van der Waals surface area contributed by atoms with Gasteiger partial charge in [-0.25, -0.2) is 0 Å². The van der Waals surface area contributed by atoms with Gasteiger partial charge in [-0.2, -0.15) is 0 Å². The fourth-order valence-electron chi connectivity index (χ4n) is 2.20. The normalized spacial score (nSPS) is 10.8. The van der Waals surface area contributed by atoms with Crippen molar-refractivity contribution in [3.63, 3.8) is 0 Å². The first kappa shape index (κ1) is 19.0. The van der Waals surface area contributed by atoms with Crippen molar-refractivity contribution < 1.29 is 14.3 Å². The standard InChI is InChI=1S/C18H23NO3S2/c1-21-11-9-19(10-12-22-2)18(20)16-7-3-4-8-17(16)24-14-15-6-5-13-23-15/h3-8,13H,9-12,14H2,1-2H3. The predicted octanol–water partition coefficient (Wildman–Crippen LogP) is 3.78. The lowest BCUT2D eigenvalue weighted by molar-refractivity contribution is 0.0624. The molecule has 0 spiro atoms. The Morgan fingerprint density at radius 1 is 1.08 bits per heavy atom. The number of nitrogens with zero attached hydrogens (tertiary/aromatic N) is 1. The summed E-state index contributed by atoms with van der Waals surface area (Å²) in [6, 6.07) is 12.0. The summed E-state index contributed by atoms with van der Waals surface area (Å²) in [5.74, 6) is 0.899. The quantitative estimate of drug-likeness (QED) is 0.601. The van der Waals surface area contributed by atoms with Crippen LogP contribution in [0.15, 0.2) is 46.7 Å². The molecular weight excluding hydrogens is 342 g/mol. The van der Waals surface area contributed by atoms with Crippen molar-refractivity contribution in [1.29, 1.82) is 0 Å². The molecule has 0 fully saturated rings. The summed E-state index contributed by atoms with van der Waals surface area (Å²) in [6.45, 7) is 2.14. The Morgan fingerprint density at radius 2 is 1.79 bits per heavy atom. The van der Waals surface area contributed by atoms with Gasteiger partial charge in [0.15, 0.2) is 0 Å². The smallest absolute Gasteiger partial charge is 0.255 e. The zero-order valence-corrected chi connectivity index (χ0v) is 15.7. The topological polar surface area (TPSA) is 38.8 Å². The molecular formula is C18H23NO3S2. The number of hydrogen-bond donors (Lipinski definition) is 0. The van der Waals surface area contributed by atoms with E-state index in [4.69, 9.17) is 9.47 Å². The third-order valence-electron chi connectivity index (χ3n) is 3.49. The molecule has 0 aliphatic carbocycles. The van der Waals surface area contributed by atoms with Crippen molar-refractivity contribution >= 4 is 29.0 Å². The number of methoxy groups -OCH3 is 2. The van der Waals surface area contributed by atoms with E-state index in [1.165, 1.54) is 4.88 Å². The molecule has 0 atom stereocenters. The minimum Gasteiger partial charge on any atom is -0.383 e. The highest BCUT2D eigenvalue weighted by molar-refractivity contribution is 7.98. The van der Waals surface area contributed by atoms with E-state index in [2.05, 4.69) is 17.5 Å². The number of carbonyl (C=O) groups excluding carboxylic acids is 1. The maximum absolute atomic E-state index is 12.9. The van der Waals surface area contributed by atoms with Crippen LogP contribution in [0, 0.1) is 0 Å². The lowest BCUT2D eigenvalue weighted by atomic mass is 10.2. The van der Waals surface area contributed by atoms with Crippen LogP contribution >= 0.6 is 23.1 Å². The first-order chi connectivity index (χ1) is 11.8. The largest absolute Gasteiger partial charge is 0.383 e. The van der Waals surface area contributed by atoms with Crippen LogP contribution in [0.3, 0.4) is 0 Å². The van der Waals surface area contributed by atoms with Gasteiger partial charge in [0.1, 0.15) is 0 Å². The van der Waals surface area contributed by atoms with Gasteiger partial charge in [-0.15, -0.1) is 23.1 Å². The van der Waals surface area contributed by atoms with Gasteiger partial charge in [0, 0.05) is 42.8 Å². The minimum atomic E-state index is 0.0263. The van der Waals surface area contributed by atoms with E-state index in [0.717, 1.165) is 16.2 Å². The average molecular weight is 366 g/mol. The lowest BCUT2D eigenvalue weighted by Crippen LogP contribution is -2.36. The Hall–Kier alpha value is -1.34. The van der Waals surface area contributed by atoms with Crippen LogP contribution in [0.1, 0.15) is 15.2 Å². The Bertz CT molecular complexity index is 608. The molecule has 130 valence electrons. The summed E-state index contributed by atoms with van der Waals surface area (Å²) in [5, 5.41) is 2.07. The Balaban J connectivity index is 2.10. The summed E-state index contributed by atoms with van der Waals surface area (Å²) in [7, 11) is 3.29. The van der Waals surface area contributed by atoms with Gasteiger partial charge in [0.2, 0.25) is 0 Å². The van der Waals surface area contributed by atoms with Crippen molar-refractivity contribution in [2.75, 3.05) is 40.5 Å². The van der Waals surface area contributed by atoms with Gasteiger partial charge < -0.3 is 14.4 Å². The van der Waals surface area contributed by atoms with Crippen molar-refractivity contribution in [2.24, 2.45) is 0 Å². The summed E-state index contributed by atoms with van der Waals surface area (Å²) in [4.78, 5) is 17.0. The Morgan fingerprint density at radius 3 is 2.42 bits per heavy atom. The van der Waals surface area contributed by atoms with Crippen LogP contribution in [0.5, 0.6) is 0 Å². The second kappa shape index (κ2) is 10.5. The molecule has 0 unspecified atom stereocenters. The summed E-state index contributed by atoms with van der Waals surface area (Å²) in [6.07, 6.45) is 0. The molecule has 1 amide bonds. The molecule has 2 aromatic rings. The molecule has 24 heavy (non-hydrogen) atoms. The second-order valence-corrected chi connectivity index (χ2v) is 7.19. The lowest BCUT2D eigenvalue weighted by Gasteiger charge is -2.23. The van der Waals surface area contributed by atoms with Crippen LogP contribution in [0.2, 0.25) is 0 Å². The first-order valence-corrected chi connectivity index (χ1v) is 9.64. The molecule has 0 N–H and O–H groups in total. The number of carbonyl (C=O) groups is 1. The van der Waals surface area contributed by atoms with E-state index >= 15 is 0 Å². The number of thiophene rings is 1. The summed E-state index contributed by atoms with van der Waals surface area (Å²) < 4.78 is 10.3. The van der Waals surface area contributed by atoms with Gasteiger partial charge >= 0.3 is 0 Å². The van der Waals surface area contributed by atoms with Gasteiger partial charge in [0.25, 0.3) is 5.91 Å². The minimum absolute atomic E-state index is 0.0263. The fourth-order valence-corrected chi connectivity index (χ4v) is 4.02. The molecule has 2 rings (SSSR count). The molecule has 0 saturated heterocycles. The second-order valence-electron chi connectivity index (χ2n) is 5.14. The number of benzene rings is 1. The molecule has 0 radical (unpaired) electrons. The highest BCUT2D eigenvalue weighted by Gasteiger charge is 2.18. The van der Waals surface area contributed by atoms with E-state index in [-0.39, 0.29) is 5.91 Å². The number of hydrogen-bond acceptors (Lipinski definition) is 5. The van der Waals surface area contributed by atoms with E-state index in [9.17, 15) is 4.79 Å². The fraction of sp³-hybridized carbons (Fsp3) is 0.389. The molecule has 1 heterocycles. The van der Waals surface area contributed by atoms with E-state index in [1.807, 2.05) is 24.3 Å². The molecule has 0 aliphatic rings. The zero-order chi connectivity index (χ0) is 17.2. The van der Waals surface area contributed by atoms with E-state index in [1.54, 1.807) is 42.2 Å². The maximum atomic E-state index is 12.9. The Kier molecular flexibility index (Phi) is 8.32. The molecule has 1 aromatic heterocycles. The van der Waals surface area contributed by atoms with E-state index in [0.29, 0.717) is 26.3 Å². The van der Waals surface area contributed by atoms with Crippen LogP contribution in [0.4, 0.5) is 0 Å². The third-order valence-corrected chi connectivity index (χ3v) is 5.67. The van der Waals surface area contributed by atoms with Gasteiger partial charge in [-0.05, 0) is 23.6 Å². The van der Waals surface area contributed by atoms with Crippen LogP contribution in [-0.2, 0) is 15.2 Å². The molecule has 0 saturated carbocycles. The van der Waals surface area contributed by atoms with Crippen molar-refractivity contribution in [1.82, 2.24) is 4.90 Å². The van der Waals surface area contributed by atoms with Gasteiger partial charge in [0.05, 0.1) is 18.8 Å². The Labute approximate surface area is 151 Å². The molecule has 0 aliphatic heterocycles. The van der Waals surface area contributed by atoms with Crippen molar-refractivity contribution in [3.8, 4) is 0 Å². The third kappa shape index (κ3) is 5.63. The number of thioether (sulfide) groups is 1. The highest BCUT2D eigenvalue weighted by atomic mass is 32.2.